The van der Waals surface area contributed by atoms with Gasteiger partial charge in [-0.3, -0.25) is 4.79 Å². The van der Waals surface area contributed by atoms with Crippen LogP contribution < -0.4 is 5.32 Å². The minimum Gasteiger partial charge on any atom is -0.508 e. The molecule has 0 aliphatic carbocycles. The zero-order valence-electron chi connectivity index (χ0n) is 13.5. The summed E-state index contributed by atoms with van der Waals surface area (Å²) in [5.41, 5.74) is 2.30. The lowest BCUT2D eigenvalue weighted by atomic mass is 10.0. The minimum absolute atomic E-state index is 0.148. The Morgan fingerprint density at radius 1 is 1.12 bits per heavy atom. The molecule has 2 N–H and O–H groups in total. The number of likely N-dealkylation sites (N-methyl/N-ethyl adjacent to an activating group) is 1. The van der Waals surface area contributed by atoms with Crippen molar-refractivity contribution in [3.8, 4) is 17.0 Å². The second kappa shape index (κ2) is 7.00. The fourth-order valence-corrected chi connectivity index (χ4v) is 2.41. The van der Waals surface area contributed by atoms with Crippen LogP contribution in [-0.4, -0.2) is 35.6 Å². The van der Waals surface area contributed by atoms with E-state index < -0.39 is 5.97 Å². The molecule has 3 aromatic rings. The minimum atomic E-state index is -0.595. The van der Waals surface area contributed by atoms with Gasteiger partial charge in [-0.25, -0.2) is 9.78 Å². The van der Waals surface area contributed by atoms with Gasteiger partial charge in [-0.2, -0.15) is 0 Å². The highest BCUT2D eigenvalue weighted by Crippen LogP contribution is 2.26. The van der Waals surface area contributed by atoms with Gasteiger partial charge in [-0.15, -0.1) is 0 Å². The molecule has 6 nitrogen and oxygen atoms in total. The number of amides is 1. The molecule has 6 heteroatoms. The van der Waals surface area contributed by atoms with Gasteiger partial charge >= 0.3 is 5.97 Å². The van der Waals surface area contributed by atoms with Crippen molar-refractivity contribution in [3.05, 3.63) is 60.2 Å². The molecule has 1 amide bonds. The molecule has 0 aliphatic rings. The van der Waals surface area contributed by atoms with E-state index in [2.05, 4.69) is 10.3 Å². The van der Waals surface area contributed by atoms with Crippen molar-refractivity contribution in [1.82, 2.24) is 10.3 Å². The SMILES string of the molecule is CNC(=O)COC(=O)c1cc(-c2ccc(O)cc2)nc2ccccc12. The van der Waals surface area contributed by atoms with Gasteiger partial charge < -0.3 is 15.2 Å². The van der Waals surface area contributed by atoms with E-state index in [1.807, 2.05) is 6.07 Å². The first-order valence-electron chi connectivity index (χ1n) is 7.65. The van der Waals surface area contributed by atoms with Crippen LogP contribution in [-0.2, 0) is 9.53 Å². The van der Waals surface area contributed by atoms with Gasteiger partial charge in [0.15, 0.2) is 6.61 Å². The van der Waals surface area contributed by atoms with Crippen molar-refractivity contribution in [2.24, 2.45) is 0 Å². The summed E-state index contributed by atoms with van der Waals surface area (Å²) < 4.78 is 5.08. The zero-order valence-corrected chi connectivity index (χ0v) is 13.5. The van der Waals surface area contributed by atoms with Gasteiger partial charge in [0.2, 0.25) is 0 Å². The lowest BCUT2D eigenvalue weighted by Crippen LogP contribution is -2.25. The lowest BCUT2D eigenvalue weighted by molar-refractivity contribution is -0.123. The quantitative estimate of drug-likeness (QED) is 0.715. The third-order valence-electron chi connectivity index (χ3n) is 3.71. The third kappa shape index (κ3) is 3.58. The average molecular weight is 336 g/mol. The Hall–Kier alpha value is -3.41. The molecule has 25 heavy (non-hydrogen) atoms. The number of para-hydroxylation sites is 1. The number of esters is 1. The molecule has 0 radical (unpaired) electrons. The van der Waals surface area contributed by atoms with Crippen LogP contribution in [0.15, 0.2) is 54.6 Å². The summed E-state index contributed by atoms with van der Waals surface area (Å²) in [7, 11) is 1.47. The second-order valence-electron chi connectivity index (χ2n) is 5.37. The maximum absolute atomic E-state index is 12.4. The summed E-state index contributed by atoms with van der Waals surface area (Å²) in [6, 6.07) is 15.4. The van der Waals surface area contributed by atoms with Crippen LogP contribution in [0.25, 0.3) is 22.2 Å². The number of aromatic nitrogens is 1. The van der Waals surface area contributed by atoms with Gasteiger partial charge in [0.1, 0.15) is 5.75 Å². The lowest BCUT2D eigenvalue weighted by Gasteiger charge is -2.10. The van der Waals surface area contributed by atoms with Crippen molar-refractivity contribution in [3.63, 3.8) is 0 Å². The topological polar surface area (TPSA) is 88.5 Å². The van der Waals surface area contributed by atoms with Crippen LogP contribution >= 0.6 is 0 Å². The van der Waals surface area contributed by atoms with E-state index in [0.717, 1.165) is 5.56 Å². The Labute approximate surface area is 144 Å². The van der Waals surface area contributed by atoms with Crippen LogP contribution in [0.4, 0.5) is 0 Å². The molecule has 0 atom stereocenters. The predicted octanol–water partition coefficient (Wildman–Crippen LogP) is 2.51. The van der Waals surface area contributed by atoms with E-state index in [1.54, 1.807) is 48.5 Å². The Kier molecular flexibility index (Phi) is 4.61. The highest BCUT2D eigenvalue weighted by Gasteiger charge is 2.16. The van der Waals surface area contributed by atoms with Gasteiger partial charge in [0.05, 0.1) is 16.8 Å². The normalized spacial score (nSPS) is 10.4. The Morgan fingerprint density at radius 3 is 2.56 bits per heavy atom. The first kappa shape index (κ1) is 16.4. The Morgan fingerprint density at radius 2 is 1.84 bits per heavy atom. The molecule has 0 spiro atoms. The summed E-state index contributed by atoms with van der Waals surface area (Å²) in [6.07, 6.45) is 0. The third-order valence-corrected chi connectivity index (χ3v) is 3.71. The summed E-state index contributed by atoms with van der Waals surface area (Å²) in [5, 5.41) is 12.5. The molecule has 2 aromatic carbocycles. The predicted molar refractivity (Wildman–Crippen MR) is 93.2 cm³/mol. The number of pyridine rings is 1. The van der Waals surface area contributed by atoms with Gasteiger partial charge in [-0.05, 0) is 36.4 Å². The molecule has 1 aromatic heterocycles. The highest BCUT2D eigenvalue weighted by atomic mass is 16.5. The number of fused-ring (bicyclic) bond motifs is 1. The molecule has 0 saturated heterocycles. The van der Waals surface area contributed by atoms with Crippen molar-refractivity contribution >= 4 is 22.8 Å². The summed E-state index contributed by atoms with van der Waals surface area (Å²) in [6.45, 7) is -0.347. The van der Waals surface area contributed by atoms with E-state index in [0.29, 0.717) is 22.2 Å². The number of carbonyl (C=O) groups excluding carboxylic acids is 2. The monoisotopic (exact) mass is 336 g/mol. The smallest absolute Gasteiger partial charge is 0.339 e. The number of rotatable bonds is 4. The Bertz CT molecular complexity index is 936. The number of phenolic OH excluding ortho intramolecular Hbond substituents is 1. The fourth-order valence-electron chi connectivity index (χ4n) is 2.41. The number of phenols is 1. The number of hydrogen-bond acceptors (Lipinski definition) is 5. The van der Waals surface area contributed by atoms with E-state index in [-0.39, 0.29) is 18.3 Å². The van der Waals surface area contributed by atoms with Gasteiger partial charge in [0, 0.05) is 18.0 Å². The van der Waals surface area contributed by atoms with Gasteiger partial charge in [-0.1, -0.05) is 18.2 Å². The van der Waals surface area contributed by atoms with Gasteiger partial charge in [0.25, 0.3) is 5.91 Å². The van der Waals surface area contributed by atoms with E-state index in [1.165, 1.54) is 7.05 Å². The number of nitrogens with one attached hydrogen (secondary N) is 1. The molecule has 0 unspecified atom stereocenters. The van der Waals surface area contributed by atoms with Crippen LogP contribution in [0.5, 0.6) is 5.75 Å². The average Bonchev–Trinajstić information content (AvgIpc) is 2.65. The van der Waals surface area contributed by atoms with Crippen molar-refractivity contribution in [2.45, 2.75) is 0 Å². The standard InChI is InChI=1S/C19H16N2O4/c1-20-18(23)11-25-19(24)15-10-17(12-6-8-13(22)9-7-12)21-16-5-3-2-4-14(15)16/h2-10,22H,11H2,1H3,(H,20,23). The first-order chi connectivity index (χ1) is 12.1. The fraction of sp³-hybridized carbons (Fsp3) is 0.105. The summed E-state index contributed by atoms with van der Waals surface area (Å²) >= 11 is 0. The summed E-state index contributed by atoms with van der Waals surface area (Å²) in [5.74, 6) is -0.831. The van der Waals surface area contributed by atoms with E-state index in [9.17, 15) is 14.7 Å². The second-order valence-corrected chi connectivity index (χ2v) is 5.37. The van der Waals surface area contributed by atoms with Crippen LogP contribution in [0.2, 0.25) is 0 Å². The molecule has 0 fully saturated rings. The molecule has 0 saturated carbocycles. The van der Waals surface area contributed by atoms with Crippen LogP contribution in [0.3, 0.4) is 0 Å². The van der Waals surface area contributed by atoms with Crippen LogP contribution in [0.1, 0.15) is 10.4 Å². The van der Waals surface area contributed by atoms with Crippen molar-refractivity contribution in [2.75, 3.05) is 13.7 Å². The number of ether oxygens (including phenoxy) is 1. The maximum Gasteiger partial charge on any atom is 0.339 e. The van der Waals surface area contributed by atoms with Crippen molar-refractivity contribution in [1.29, 1.82) is 0 Å². The first-order valence-corrected chi connectivity index (χ1v) is 7.65. The maximum atomic E-state index is 12.4. The summed E-state index contributed by atoms with van der Waals surface area (Å²) in [4.78, 5) is 28.3. The Balaban J connectivity index is 2.05. The molecule has 0 aliphatic heterocycles. The number of hydrogen-bond donors (Lipinski definition) is 2. The van der Waals surface area contributed by atoms with E-state index in [4.69, 9.17) is 4.74 Å². The van der Waals surface area contributed by atoms with Crippen molar-refractivity contribution < 1.29 is 19.4 Å². The highest BCUT2D eigenvalue weighted by molar-refractivity contribution is 6.05. The molecular weight excluding hydrogens is 320 g/mol. The molecule has 0 bridgehead atoms. The largest absolute Gasteiger partial charge is 0.508 e. The molecule has 3 rings (SSSR count). The number of nitrogens with zero attached hydrogens (tertiary/aromatic N) is 1. The number of aromatic hydroxyl groups is 1. The zero-order chi connectivity index (χ0) is 17.8. The molecular formula is C19H16N2O4. The number of carbonyl (C=O) groups is 2. The van der Waals surface area contributed by atoms with Crippen LogP contribution in [0, 0.1) is 0 Å². The number of benzene rings is 2. The molecule has 126 valence electrons. The van der Waals surface area contributed by atoms with E-state index >= 15 is 0 Å². The molecule has 1 heterocycles.